The maximum atomic E-state index is 14.8. The van der Waals surface area contributed by atoms with Crippen LogP contribution in [0.5, 0.6) is 0 Å². The molecule has 6 rings (SSSR count). The summed E-state index contributed by atoms with van der Waals surface area (Å²) in [5, 5.41) is 40.9. The standard InChI is InChI=1S/C57H70N10O10S/c1-32(2)23-47(57(76)77)65-53(72)45(26-36-28-59-41-21-13-11-19-38(36)41)64-56(75)49(33(3)4)67-54(73)46(27-37-29-60-42-22-14-12-20-39(37)42)63-51(70)44(25-35-17-9-6-10-18-35)62-55(74)48(30-68)66-52(71)43(61-50(69)40(58)31-78)24-34-15-7-5-8-16-34/h5-22,28-29,32-33,40,43-49,59-60,68,78H,23-27,30-31,58H2,1-4H3,(H,61,69)(H,62,74)(H,63,70)(H,64,75)(H,65,72)(H,66,71)(H,67,73)(H,76,77)/t40-,43-,44-,45-,46-,47-,48-,49-/m0/s1. The van der Waals surface area contributed by atoms with E-state index < -0.39 is 108 Å². The van der Waals surface area contributed by atoms with Gasteiger partial charge in [0, 0.05) is 65.6 Å². The van der Waals surface area contributed by atoms with E-state index in [9.17, 15) is 48.6 Å². The van der Waals surface area contributed by atoms with Crippen molar-refractivity contribution < 1.29 is 48.6 Å². The van der Waals surface area contributed by atoms with Crippen LogP contribution in [0.25, 0.3) is 21.8 Å². The number of nitrogens with two attached hydrogens (primary N) is 1. The normalized spacial score (nSPS) is 14.5. The molecule has 414 valence electrons. The molecule has 0 saturated heterocycles. The van der Waals surface area contributed by atoms with Crippen LogP contribution < -0.4 is 43.0 Å². The number of aliphatic hydroxyl groups is 1. The molecule has 0 fully saturated rings. The average molecular weight is 1090 g/mol. The SMILES string of the molecule is CC(C)C[C@H](NC(=O)[C@H](Cc1c[nH]c2ccccc12)NC(=O)[C@@H](NC(=O)[C@H](Cc1c[nH]c2ccccc12)NC(=O)[C@H](Cc1ccccc1)NC(=O)[C@H](CO)NC(=O)[C@H](Cc1ccccc1)NC(=O)[C@@H](N)CS)C(C)C)C(=O)O. The summed E-state index contributed by atoms with van der Waals surface area (Å²) in [6.45, 7) is 6.11. The maximum absolute atomic E-state index is 14.8. The van der Waals surface area contributed by atoms with Gasteiger partial charge in [0.05, 0.1) is 12.6 Å². The maximum Gasteiger partial charge on any atom is 0.326 e. The highest BCUT2D eigenvalue weighted by atomic mass is 32.1. The Balaban J connectivity index is 1.27. The van der Waals surface area contributed by atoms with Gasteiger partial charge in [-0.05, 0) is 52.6 Å². The zero-order valence-corrected chi connectivity index (χ0v) is 44.8. The molecule has 8 atom stereocenters. The first-order valence-electron chi connectivity index (χ1n) is 25.9. The van der Waals surface area contributed by atoms with E-state index in [1.165, 1.54) is 0 Å². The monoisotopic (exact) mass is 1090 g/mol. The summed E-state index contributed by atoms with van der Waals surface area (Å²) >= 11 is 4.09. The van der Waals surface area contributed by atoms with Crippen molar-refractivity contribution >= 4 is 81.8 Å². The lowest BCUT2D eigenvalue weighted by Crippen LogP contribution is -2.62. The van der Waals surface area contributed by atoms with Crippen LogP contribution in [0, 0.1) is 11.8 Å². The number of carboxylic acid groups (broad SMARTS) is 1. The zero-order valence-electron chi connectivity index (χ0n) is 44.0. The number of amides is 7. The molecule has 4 aromatic carbocycles. The van der Waals surface area contributed by atoms with E-state index in [-0.39, 0.29) is 43.8 Å². The Kier molecular flexibility index (Phi) is 21.6. The van der Waals surface area contributed by atoms with Crippen LogP contribution in [-0.2, 0) is 64.0 Å². The summed E-state index contributed by atoms with van der Waals surface area (Å²) in [4.78, 5) is 118. The lowest BCUT2D eigenvalue weighted by atomic mass is 9.98. The highest BCUT2D eigenvalue weighted by Gasteiger charge is 2.36. The number of aliphatic carboxylic acids is 1. The molecule has 0 aliphatic rings. The number of carbonyl (C=O) groups excluding carboxylic acids is 7. The van der Waals surface area contributed by atoms with Gasteiger partial charge >= 0.3 is 5.97 Å². The second-order valence-corrected chi connectivity index (χ2v) is 20.4. The van der Waals surface area contributed by atoms with Crippen molar-refractivity contribution in [2.75, 3.05) is 12.4 Å². The van der Waals surface area contributed by atoms with Crippen LogP contribution in [0.2, 0.25) is 0 Å². The average Bonchev–Trinajstić information content (AvgIpc) is 4.09. The summed E-state index contributed by atoms with van der Waals surface area (Å²) in [6, 6.07) is 21.6. The minimum atomic E-state index is -1.62. The largest absolute Gasteiger partial charge is 0.480 e. The fraction of sp³-hybridized carbons (Fsp3) is 0.368. The second kappa shape index (κ2) is 28.4. The molecule has 0 saturated carbocycles. The van der Waals surface area contributed by atoms with Crippen LogP contribution in [0.4, 0.5) is 0 Å². The predicted molar refractivity (Wildman–Crippen MR) is 299 cm³/mol. The number of aromatic amines is 2. The first kappa shape index (κ1) is 59.2. The molecular weight excluding hydrogens is 1020 g/mol. The number of para-hydroxylation sites is 2. The number of thiol groups is 1. The van der Waals surface area contributed by atoms with Crippen molar-refractivity contribution in [2.24, 2.45) is 17.6 Å². The number of carboxylic acids is 1. The highest BCUT2D eigenvalue weighted by Crippen LogP contribution is 2.22. The van der Waals surface area contributed by atoms with E-state index >= 15 is 0 Å². The van der Waals surface area contributed by atoms with Crippen molar-refractivity contribution in [3.63, 3.8) is 0 Å². The van der Waals surface area contributed by atoms with E-state index in [1.807, 2.05) is 62.4 Å². The number of hydrogen-bond acceptors (Lipinski definition) is 11. The van der Waals surface area contributed by atoms with Crippen molar-refractivity contribution in [3.05, 3.63) is 144 Å². The molecule has 0 bridgehead atoms. The molecule has 2 aromatic heterocycles. The fourth-order valence-corrected chi connectivity index (χ4v) is 9.13. The van der Waals surface area contributed by atoms with Gasteiger partial charge in [0.25, 0.3) is 0 Å². The van der Waals surface area contributed by atoms with E-state index in [2.05, 4.69) is 59.8 Å². The number of hydrogen-bond donors (Lipinski definition) is 13. The lowest BCUT2D eigenvalue weighted by molar-refractivity contribution is -0.143. The van der Waals surface area contributed by atoms with Gasteiger partial charge in [0.1, 0.15) is 42.3 Å². The molecule has 0 aliphatic heterocycles. The number of aromatic nitrogens is 2. The Hall–Kier alpha value is -8.01. The van der Waals surface area contributed by atoms with Crippen LogP contribution in [0.15, 0.2) is 122 Å². The predicted octanol–water partition coefficient (Wildman–Crippen LogP) is 2.35. The Morgan fingerprint density at radius 3 is 1.28 bits per heavy atom. The van der Waals surface area contributed by atoms with Gasteiger partial charge in [0.15, 0.2) is 0 Å². The van der Waals surface area contributed by atoms with Gasteiger partial charge in [-0.15, -0.1) is 0 Å². The molecule has 21 heteroatoms. The summed E-state index contributed by atoms with van der Waals surface area (Å²) in [5.74, 6) is -7.52. The van der Waals surface area contributed by atoms with Crippen molar-refractivity contribution in [2.45, 2.75) is 108 Å². The smallest absolute Gasteiger partial charge is 0.326 e. The van der Waals surface area contributed by atoms with E-state index in [1.54, 1.807) is 86.9 Å². The van der Waals surface area contributed by atoms with Gasteiger partial charge < -0.3 is 63.1 Å². The van der Waals surface area contributed by atoms with Crippen molar-refractivity contribution in [3.8, 4) is 0 Å². The molecule has 0 unspecified atom stereocenters. The summed E-state index contributed by atoms with van der Waals surface area (Å²) in [7, 11) is 0. The van der Waals surface area contributed by atoms with Gasteiger partial charge in [-0.25, -0.2) is 4.79 Å². The quantitative estimate of drug-likeness (QED) is 0.0317. The molecule has 2 heterocycles. The van der Waals surface area contributed by atoms with E-state index in [0.29, 0.717) is 22.3 Å². The van der Waals surface area contributed by atoms with Gasteiger partial charge in [-0.3, -0.25) is 33.6 Å². The molecule has 78 heavy (non-hydrogen) atoms. The number of benzene rings is 4. The van der Waals surface area contributed by atoms with Crippen LogP contribution in [0.3, 0.4) is 0 Å². The summed E-state index contributed by atoms with van der Waals surface area (Å²) in [5.41, 5.74) is 10.0. The molecule has 0 aliphatic carbocycles. The number of fused-ring (bicyclic) bond motifs is 2. The number of H-pyrrole nitrogens is 2. The molecule has 7 amide bonds. The molecule has 0 spiro atoms. The Bertz CT molecular complexity index is 3020. The Morgan fingerprint density at radius 2 is 0.859 bits per heavy atom. The van der Waals surface area contributed by atoms with Crippen LogP contribution in [0.1, 0.15) is 56.4 Å². The van der Waals surface area contributed by atoms with E-state index in [4.69, 9.17) is 5.73 Å². The summed E-state index contributed by atoms with van der Waals surface area (Å²) in [6.07, 6.45) is 3.26. The molecule has 0 radical (unpaired) electrons. The third kappa shape index (κ3) is 16.5. The zero-order chi connectivity index (χ0) is 56.5. The first-order valence-corrected chi connectivity index (χ1v) is 26.5. The Labute approximate surface area is 457 Å². The number of carbonyl (C=O) groups is 8. The van der Waals surface area contributed by atoms with Crippen LogP contribution >= 0.6 is 12.6 Å². The second-order valence-electron chi connectivity index (χ2n) is 20.0. The molecule has 13 N–H and O–H groups in total. The van der Waals surface area contributed by atoms with Crippen LogP contribution in [-0.4, -0.2) is 128 Å². The van der Waals surface area contributed by atoms with Crippen molar-refractivity contribution in [1.29, 1.82) is 0 Å². The van der Waals surface area contributed by atoms with Gasteiger partial charge in [-0.1, -0.05) is 125 Å². The molecular formula is C57H70N10O10S. The van der Waals surface area contributed by atoms with E-state index in [0.717, 1.165) is 21.8 Å². The lowest BCUT2D eigenvalue weighted by Gasteiger charge is -2.29. The highest BCUT2D eigenvalue weighted by molar-refractivity contribution is 7.80. The third-order valence-corrected chi connectivity index (χ3v) is 13.6. The fourth-order valence-electron chi connectivity index (χ4n) is 8.97. The van der Waals surface area contributed by atoms with Gasteiger partial charge in [-0.2, -0.15) is 12.6 Å². The minimum absolute atomic E-state index is 0.00228. The van der Waals surface area contributed by atoms with Crippen molar-refractivity contribution in [1.82, 2.24) is 47.2 Å². The first-order chi connectivity index (χ1) is 37.3. The number of nitrogens with one attached hydrogen (secondary N) is 9. The topological polar surface area (TPSA) is 319 Å². The Morgan fingerprint density at radius 1 is 0.487 bits per heavy atom. The molecule has 6 aromatic rings. The molecule has 20 nitrogen and oxygen atoms in total. The van der Waals surface area contributed by atoms with Gasteiger partial charge in [0.2, 0.25) is 41.4 Å². The third-order valence-electron chi connectivity index (χ3n) is 13.2. The summed E-state index contributed by atoms with van der Waals surface area (Å²) < 4.78 is 0. The number of aliphatic hydroxyl groups excluding tert-OH is 1. The number of rotatable bonds is 28. The minimum Gasteiger partial charge on any atom is -0.480 e.